The van der Waals surface area contributed by atoms with E-state index in [1.54, 1.807) is 19.9 Å². The summed E-state index contributed by atoms with van der Waals surface area (Å²) < 4.78 is 1.51. The molecule has 0 saturated heterocycles. The fourth-order valence-electron chi connectivity index (χ4n) is 2.05. The minimum absolute atomic E-state index is 0.0624. The number of aromatic nitrogens is 2. The number of nitrogens with one attached hydrogen (secondary N) is 1. The highest BCUT2D eigenvalue weighted by Gasteiger charge is 2.08. The molecule has 2 rings (SSSR count). The van der Waals surface area contributed by atoms with Crippen molar-refractivity contribution in [3.8, 4) is 0 Å². The van der Waals surface area contributed by atoms with Crippen LogP contribution in [0.25, 0.3) is 0 Å². The van der Waals surface area contributed by atoms with E-state index in [0.29, 0.717) is 24.2 Å². The molecule has 0 radical (unpaired) electrons. The third kappa shape index (κ3) is 3.37. The van der Waals surface area contributed by atoms with Crippen LogP contribution in [0.3, 0.4) is 0 Å². The number of carbonyl (C=O) groups excluding carboxylic acids is 1. The van der Waals surface area contributed by atoms with Crippen molar-refractivity contribution < 1.29 is 4.79 Å². The van der Waals surface area contributed by atoms with Gasteiger partial charge in [-0.1, -0.05) is 18.2 Å². The van der Waals surface area contributed by atoms with Crippen molar-refractivity contribution >= 4 is 5.91 Å². The zero-order valence-electron chi connectivity index (χ0n) is 12.5. The number of rotatable bonds is 4. The molecule has 0 aliphatic carbocycles. The summed E-state index contributed by atoms with van der Waals surface area (Å²) in [5.74, 6) is -0.127. The Morgan fingerprint density at radius 3 is 2.67 bits per heavy atom. The standard InChI is InChI=1S/C16H19N3O2/c1-11-6-4-5-7-14(11)15(20)17-8-9-19-10-18-13(3)12(2)16(19)21/h4-7,10H,8-9H2,1-3H3,(H,17,20). The number of amides is 1. The molecule has 1 aromatic heterocycles. The fourth-order valence-corrected chi connectivity index (χ4v) is 2.05. The summed E-state index contributed by atoms with van der Waals surface area (Å²) in [4.78, 5) is 28.2. The van der Waals surface area contributed by atoms with Crippen molar-refractivity contribution in [2.45, 2.75) is 27.3 Å². The normalized spacial score (nSPS) is 10.4. The molecule has 0 spiro atoms. The molecule has 5 heteroatoms. The highest BCUT2D eigenvalue weighted by molar-refractivity contribution is 5.95. The maximum atomic E-state index is 12.0. The smallest absolute Gasteiger partial charge is 0.256 e. The Balaban J connectivity index is 1.99. The lowest BCUT2D eigenvalue weighted by atomic mass is 10.1. The van der Waals surface area contributed by atoms with Gasteiger partial charge in [-0.2, -0.15) is 0 Å². The molecule has 0 atom stereocenters. The van der Waals surface area contributed by atoms with Gasteiger partial charge < -0.3 is 5.32 Å². The van der Waals surface area contributed by atoms with E-state index in [2.05, 4.69) is 10.3 Å². The molecule has 0 unspecified atom stereocenters. The lowest BCUT2D eigenvalue weighted by molar-refractivity contribution is 0.0951. The topological polar surface area (TPSA) is 64.0 Å². The third-order valence-electron chi connectivity index (χ3n) is 3.54. The lowest BCUT2D eigenvalue weighted by Crippen LogP contribution is -2.32. The second-order valence-corrected chi connectivity index (χ2v) is 5.02. The van der Waals surface area contributed by atoms with E-state index in [0.717, 1.165) is 11.3 Å². The predicted octanol–water partition coefficient (Wildman–Crippen LogP) is 1.60. The molecular weight excluding hydrogens is 266 g/mol. The van der Waals surface area contributed by atoms with Crippen LogP contribution in [-0.4, -0.2) is 22.0 Å². The van der Waals surface area contributed by atoms with Crippen LogP contribution in [0.2, 0.25) is 0 Å². The van der Waals surface area contributed by atoms with E-state index in [1.807, 2.05) is 25.1 Å². The Kier molecular flexibility index (Phi) is 4.52. The quantitative estimate of drug-likeness (QED) is 0.928. The van der Waals surface area contributed by atoms with Gasteiger partial charge in [0.1, 0.15) is 0 Å². The number of hydrogen-bond donors (Lipinski definition) is 1. The van der Waals surface area contributed by atoms with Gasteiger partial charge in [-0.15, -0.1) is 0 Å². The largest absolute Gasteiger partial charge is 0.350 e. The van der Waals surface area contributed by atoms with Crippen LogP contribution in [0.4, 0.5) is 0 Å². The molecule has 5 nitrogen and oxygen atoms in total. The molecular formula is C16H19N3O2. The van der Waals surface area contributed by atoms with Gasteiger partial charge in [0.05, 0.1) is 6.33 Å². The summed E-state index contributed by atoms with van der Waals surface area (Å²) in [6.07, 6.45) is 1.52. The monoisotopic (exact) mass is 285 g/mol. The van der Waals surface area contributed by atoms with Crippen LogP contribution < -0.4 is 10.9 Å². The van der Waals surface area contributed by atoms with Gasteiger partial charge in [-0.3, -0.25) is 14.2 Å². The predicted molar refractivity (Wildman–Crippen MR) is 81.5 cm³/mol. The molecule has 110 valence electrons. The molecule has 1 amide bonds. The van der Waals surface area contributed by atoms with E-state index >= 15 is 0 Å². The van der Waals surface area contributed by atoms with Crippen LogP contribution in [0.15, 0.2) is 35.4 Å². The van der Waals surface area contributed by atoms with E-state index in [-0.39, 0.29) is 11.5 Å². The summed E-state index contributed by atoms with van der Waals surface area (Å²) in [5.41, 5.74) is 2.90. The van der Waals surface area contributed by atoms with Gasteiger partial charge in [-0.25, -0.2) is 4.98 Å². The molecule has 0 fully saturated rings. The van der Waals surface area contributed by atoms with Crippen LogP contribution >= 0.6 is 0 Å². The zero-order valence-corrected chi connectivity index (χ0v) is 12.5. The SMILES string of the molecule is Cc1ccccc1C(=O)NCCn1cnc(C)c(C)c1=O. The van der Waals surface area contributed by atoms with Gasteiger partial charge in [-0.05, 0) is 32.4 Å². The van der Waals surface area contributed by atoms with Gasteiger partial charge >= 0.3 is 0 Å². The Hall–Kier alpha value is -2.43. The minimum atomic E-state index is -0.127. The summed E-state index contributed by atoms with van der Waals surface area (Å²) in [7, 11) is 0. The summed E-state index contributed by atoms with van der Waals surface area (Å²) in [6, 6.07) is 7.41. The van der Waals surface area contributed by atoms with Crippen molar-refractivity contribution in [3.05, 3.63) is 63.3 Å². The number of nitrogens with zero attached hydrogens (tertiary/aromatic N) is 2. The Labute approximate surface area is 123 Å². The van der Waals surface area contributed by atoms with Crippen molar-refractivity contribution in [1.82, 2.24) is 14.9 Å². The van der Waals surface area contributed by atoms with E-state index in [1.165, 1.54) is 10.9 Å². The minimum Gasteiger partial charge on any atom is -0.350 e. The third-order valence-corrected chi connectivity index (χ3v) is 3.54. The maximum Gasteiger partial charge on any atom is 0.256 e. The van der Waals surface area contributed by atoms with Crippen LogP contribution in [0.1, 0.15) is 27.2 Å². The van der Waals surface area contributed by atoms with E-state index < -0.39 is 0 Å². The first kappa shape index (κ1) is 15.0. The van der Waals surface area contributed by atoms with E-state index in [4.69, 9.17) is 0 Å². The van der Waals surface area contributed by atoms with Crippen LogP contribution in [0.5, 0.6) is 0 Å². The molecule has 0 aliphatic rings. The molecule has 21 heavy (non-hydrogen) atoms. The van der Waals surface area contributed by atoms with Crippen molar-refractivity contribution in [2.75, 3.05) is 6.54 Å². The summed E-state index contributed by atoms with van der Waals surface area (Å²) in [6.45, 7) is 6.25. The van der Waals surface area contributed by atoms with Gasteiger partial charge in [0.2, 0.25) is 0 Å². The molecule has 0 bridgehead atoms. The first-order valence-corrected chi connectivity index (χ1v) is 6.87. The Morgan fingerprint density at radius 1 is 1.24 bits per heavy atom. The first-order valence-electron chi connectivity index (χ1n) is 6.87. The molecule has 1 heterocycles. The van der Waals surface area contributed by atoms with E-state index in [9.17, 15) is 9.59 Å². The second-order valence-electron chi connectivity index (χ2n) is 5.02. The molecule has 1 aromatic carbocycles. The van der Waals surface area contributed by atoms with Gasteiger partial charge in [0, 0.05) is 29.9 Å². The zero-order chi connectivity index (χ0) is 15.4. The molecule has 1 N–H and O–H groups in total. The van der Waals surface area contributed by atoms with Crippen molar-refractivity contribution in [1.29, 1.82) is 0 Å². The second kappa shape index (κ2) is 6.35. The highest BCUT2D eigenvalue weighted by atomic mass is 16.1. The number of aryl methyl sites for hydroxylation is 2. The van der Waals surface area contributed by atoms with Crippen LogP contribution in [0, 0.1) is 20.8 Å². The van der Waals surface area contributed by atoms with Crippen molar-refractivity contribution in [2.24, 2.45) is 0 Å². The molecule has 0 saturated carbocycles. The van der Waals surface area contributed by atoms with Crippen LogP contribution in [-0.2, 0) is 6.54 Å². The van der Waals surface area contributed by atoms with Gasteiger partial charge in [0.15, 0.2) is 0 Å². The highest BCUT2D eigenvalue weighted by Crippen LogP contribution is 2.06. The Bertz CT molecular complexity index is 720. The van der Waals surface area contributed by atoms with Crippen molar-refractivity contribution in [3.63, 3.8) is 0 Å². The molecule has 2 aromatic rings. The summed E-state index contributed by atoms with van der Waals surface area (Å²) >= 11 is 0. The maximum absolute atomic E-state index is 12.0. The lowest BCUT2D eigenvalue weighted by Gasteiger charge is -2.10. The Morgan fingerprint density at radius 2 is 1.95 bits per heavy atom. The number of carbonyl (C=O) groups is 1. The number of hydrogen-bond acceptors (Lipinski definition) is 3. The average molecular weight is 285 g/mol. The van der Waals surface area contributed by atoms with Gasteiger partial charge in [0.25, 0.3) is 11.5 Å². The molecule has 0 aliphatic heterocycles. The first-order chi connectivity index (χ1) is 10.0. The fraction of sp³-hybridized carbons (Fsp3) is 0.312. The summed E-state index contributed by atoms with van der Waals surface area (Å²) in [5, 5.41) is 2.82. The number of benzene rings is 1. The average Bonchev–Trinajstić information content (AvgIpc) is 2.47.